The molecule has 0 bridgehead atoms. The number of hydrogen-bond donors (Lipinski definition) is 1. The topological polar surface area (TPSA) is 96.4 Å². The van der Waals surface area contributed by atoms with Crippen molar-refractivity contribution in [3.8, 4) is 5.75 Å². The second-order valence-electron chi connectivity index (χ2n) is 6.48. The van der Waals surface area contributed by atoms with Crippen LogP contribution in [0.4, 0.5) is 17.6 Å². The average Bonchev–Trinajstić information content (AvgIpc) is 2.80. The predicted octanol–water partition coefficient (Wildman–Crippen LogP) is 1.85. The van der Waals surface area contributed by atoms with E-state index < -0.39 is 0 Å². The van der Waals surface area contributed by atoms with Crippen molar-refractivity contribution in [2.24, 2.45) is 0 Å². The van der Waals surface area contributed by atoms with Crippen LogP contribution in [0.1, 0.15) is 10.4 Å². The lowest BCUT2D eigenvalue weighted by Gasteiger charge is -2.34. The monoisotopic (exact) mass is 391 g/mol. The minimum atomic E-state index is -0.268. The van der Waals surface area contributed by atoms with Crippen LogP contribution in [0.2, 0.25) is 0 Å². The van der Waals surface area contributed by atoms with Crippen LogP contribution < -0.4 is 19.9 Å². The molecule has 0 saturated carbocycles. The molecule has 0 spiro atoms. The molecule has 9 heteroatoms. The molecule has 1 amide bonds. The van der Waals surface area contributed by atoms with Gasteiger partial charge in [-0.25, -0.2) is 19.9 Å². The van der Waals surface area contributed by atoms with Crippen molar-refractivity contribution in [2.75, 3.05) is 48.4 Å². The molecule has 148 valence electrons. The van der Waals surface area contributed by atoms with Crippen molar-refractivity contribution < 1.29 is 9.53 Å². The van der Waals surface area contributed by atoms with E-state index in [-0.39, 0.29) is 5.91 Å². The van der Waals surface area contributed by atoms with Crippen LogP contribution in [0.5, 0.6) is 5.75 Å². The molecule has 2 aromatic heterocycles. The summed E-state index contributed by atoms with van der Waals surface area (Å²) in [6.07, 6.45) is 6.58. The molecule has 1 N–H and O–H groups in total. The third kappa shape index (κ3) is 4.40. The molecule has 0 radical (unpaired) electrons. The number of carbonyl (C=O) groups is 1. The lowest BCUT2D eigenvalue weighted by Crippen LogP contribution is -2.47. The minimum Gasteiger partial charge on any atom is -0.497 e. The highest BCUT2D eigenvalue weighted by Crippen LogP contribution is 2.18. The summed E-state index contributed by atoms with van der Waals surface area (Å²) in [5.74, 6) is 1.75. The highest BCUT2D eigenvalue weighted by molar-refractivity contribution is 6.04. The van der Waals surface area contributed by atoms with E-state index in [0.717, 1.165) is 32.1 Å². The van der Waals surface area contributed by atoms with Gasteiger partial charge in [0.2, 0.25) is 11.9 Å². The Bertz CT molecular complexity index is 958. The van der Waals surface area contributed by atoms with Gasteiger partial charge in [0, 0.05) is 62.7 Å². The number of ether oxygens (including phenoxy) is 1. The van der Waals surface area contributed by atoms with Crippen molar-refractivity contribution in [2.45, 2.75) is 0 Å². The minimum absolute atomic E-state index is 0.268. The van der Waals surface area contributed by atoms with Gasteiger partial charge in [-0.1, -0.05) is 6.07 Å². The van der Waals surface area contributed by atoms with E-state index in [1.807, 2.05) is 12.1 Å². The first-order valence-corrected chi connectivity index (χ1v) is 9.27. The van der Waals surface area contributed by atoms with Gasteiger partial charge in [-0.05, 0) is 18.2 Å². The van der Waals surface area contributed by atoms with Crippen LogP contribution in [0.25, 0.3) is 0 Å². The molecular weight excluding hydrogens is 370 g/mol. The van der Waals surface area contributed by atoms with E-state index in [2.05, 4.69) is 35.1 Å². The van der Waals surface area contributed by atoms with Gasteiger partial charge in [0.25, 0.3) is 5.91 Å². The predicted molar refractivity (Wildman–Crippen MR) is 109 cm³/mol. The van der Waals surface area contributed by atoms with E-state index in [1.165, 1.54) is 0 Å². The zero-order valence-electron chi connectivity index (χ0n) is 16.0. The number of methoxy groups -OCH3 is 1. The highest BCUT2D eigenvalue weighted by atomic mass is 16.5. The Kier molecular flexibility index (Phi) is 5.46. The molecule has 0 unspecified atom stereocenters. The molecule has 3 aromatic rings. The van der Waals surface area contributed by atoms with Crippen molar-refractivity contribution >= 4 is 23.5 Å². The number of piperazine rings is 1. The van der Waals surface area contributed by atoms with Gasteiger partial charge < -0.3 is 19.9 Å². The molecule has 4 rings (SSSR count). The fourth-order valence-corrected chi connectivity index (χ4v) is 3.07. The first kappa shape index (κ1) is 18.6. The SMILES string of the molecule is COc1cccc(NC(=O)c2cnc(N3CCN(c4ncccn4)CC3)nc2)c1. The Morgan fingerprint density at radius 1 is 0.931 bits per heavy atom. The standard InChI is InChI=1S/C20H21N7O2/c1-29-17-5-2-4-16(12-17)25-18(28)15-13-23-20(24-14-15)27-10-8-26(9-11-27)19-21-6-3-7-22-19/h2-7,12-14H,8-11H2,1H3,(H,25,28). The molecule has 0 aliphatic carbocycles. The summed E-state index contributed by atoms with van der Waals surface area (Å²) in [7, 11) is 1.58. The largest absolute Gasteiger partial charge is 0.497 e. The zero-order chi connectivity index (χ0) is 20.1. The average molecular weight is 391 g/mol. The van der Waals surface area contributed by atoms with E-state index in [4.69, 9.17) is 4.74 Å². The Morgan fingerprint density at radius 2 is 1.55 bits per heavy atom. The lowest BCUT2D eigenvalue weighted by molar-refractivity contribution is 0.102. The van der Waals surface area contributed by atoms with Crippen LogP contribution >= 0.6 is 0 Å². The van der Waals surface area contributed by atoms with Gasteiger partial charge in [-0.15, -0.1) is 0 Å². The molecule has 1 aliphatic rings. The van der Waals surface area contributed by atoms with Gasteiger partial charge >= 0.3 is 0 Å². The zero-order valence-corrected chi connectivity index (χ0v) is 16.0. The normalized spacial score (nSPS) is 13.8. The highest BCUT2D eigenvalue weighted by Gasteiger charge is 2.21. The molecule has 1 aliphatic heterocycles. The van der Waals surface area contributed by atoms with Gasteiger partial charge in [-0.2, -0.15) is 0 Å². The smallest absolute Gasteiger partial charge is 0.258 e. The number of nitrogens with zero attached hydrogens (tertiary/aromatic N) is 6. The second kappa shape index (κ2) is 8.51. The molecule has 1 fully saturated rings. The van der Waals surface area contributed by atoms with E-state index >= 15 is 0 Å². The quantitative estimate of drug-likeness (QED) is 0.704. The Balaban J connectivity index is 1.36. The third-order valence-electron chi connectivity index (χ3n) is 4.63. The van der Waals surface area contributed by atoms with Crippen molar-refractivity contribution in [3.63, 3.8) is 0 Å². The molecule has 0 atom stereocenters. The Morgan fingerprint density at radius 3 is 2.17 bits per heavy atom. The summed E-state index contributed by atoms with van der Waals surface area (Å²) < 4.78 is 5.17. The van der Waals surface area contributed by atoms with Gasteiger partial charge in [0.1, 0.15) is 5.75 Å². The van der Waals surface area contributed by atoms with Crippen molar-refractivity contribution in [1.29, 1.82) is 0 Å². The summed E-state index contributed by atoms with van der Waals surface area (Å²) in [4.78, 5) is 34.0. The molecule has 1 aromatic carbocycles. The Hall–Kier alpha value is -3.75. The molecule has 9 nitrogen and oxygen atoms in total. The van der Waals surface area contributed by atoms with Crippen LogP contribution in [0.3, 0.4) is 0 Å². The lowest BCUT2D eigenvalue weighted by atomic mass is 10.2. The van der Waals surface area contributed by atoms with E-state index in [1.54, 1.807) is 50.1 Å². The first-order valence-electron chi connectivity index (χ1n) is 9.27. The van der Waals surface area contributed by atoms with Gasteiger partial charge in [0.15, 0.2) is 0 Å². The van der Waals surface area contributed by atoms with Crippen molar-refractivity contribution in [3.05, 3.63) is 60.7 Å². The number of rotatable bonds is 5. The summed E-state index contributed by atoms with van der Waals surface area (Å²) in [6.45, 7) is 3.08. The van der Waals surface area contributed by atoms with Gasteiger partial charge in [-0.3, -0.25) is 4.79 Å². The fourth-order valence-electron chi connectivity index (χ4n) is 3.07. The summed E-state index contributed by atoms with van der Waals surface area (Å²) in [5.41, 5.74) is 1.05. The number of anilines is 3. The number of nitrogens with one attached hydrogen (secondary N) is 1. The second-order valence-corrected chi connectivity index (χ2v) is 6.48. The number of benzene rings is 1. The number of aromatic nitrogens is 4. The van der Waals surface area contributed by atoms with E-state index in [0.29, 0.717) is 22.9 Å². The maximum atomic E-state index is 12.4. The van der Waals surface area contributed by atoms with Gasteiger partial charge in [0.05, 0.1) is 12.7 Å². The first-order chi connectivity index (χ1) is 14.2. The summed E-state index contributed by atoms with van der Waals surface area (Å²) in [6, 6.07) is 8.99. The number of amides is 1. The number of carbonyl (C=O) groups excluding carboxylic acids is 1. The summed E-state index contributed by atoms with van der Waals surface area (Å²) >= 11 is 0. The van der Waals surface area contributed by atoms with Crippen LogP contribution in [0, 0.1) is 0 Å². The molecule has 1 saturated heterocycles. The third-order valence-corrected chi connectivity index (χ3v) is 4.63. The number of hydrogen-bond acceptors (Lipinski definition) is 8. The van der Waals surface area contributed by atoms with E-state index in [9.17, 15) is 4.79 Å². The van der Waals surface area contributed by atoms with Crippen molar-refractivity contribution in [1.82, 2.24) is 19.9 Å². The van der Waals surface area contributed by atoms with Crippen LogP contribution in [0.15, 0.2) is 55.1 Å². The molecule has 29 heavy (non-hydrogen) atoms. The summed E-state index contributed by atoms with van der Waals surface area (Å²) in [5, 5.41) is 2.82. The maximum absolute atomic E-state index is 12.4. The maximum Gasteiger partial charge on any atom is 0.258 e. The Labute approximate surface area is 168 Å². The molecular formula is C20H21N7O2. The fraction of sp³-hybridized carbons (Fsp3) is 0.250. The van der Waals surface area contributed by atoms with Crippen LogP contribution in [-0.2, 0) is 0 Å². The molecule has 3 heterocycles. The van der Waals surface area contributed by atoms with Crippen LogP contribution in [-0.4, -0.2) is 59.1 Å².